The van der Waals surface area contributed by atoms with Gasteiger partial charge in [-0.25, -0.2) is 4.39 Å². The number of allylic oxidation sites excluding steroid dienone is 5. The average molecular weight is 881 g/mol. The van der Waals surface area contributed by atoms with E-state index in [9.17, 15) is 4.39 Å². The fourth-order valence-corrected chi connectivity index (χ4v) is 13.8. The predicted octanol–water partition coefficient (Wildman–Crippen LogP) is 17.3. The average Bonchev–Trinajstić information content (AvgIpc) is 3.86. The molecule has 5 aliphatic rings. The van der Waals surface area contributed by atoms with Crippen molar-refractivity contribution in [3.05, 3.63) is 241 Å². The Morgan fingerprint density at radius 3 is 1.81 bits per heavy atom. The molecule has 14 rings (SSSR count). The van der Waals surface area contributed by atoms with E-state index in [-0.39, 0.29) is 11.2 Å². The Bertz CT molecular complexity index is 3420. The third kappa shape index (κ3) is 6.35. The van der Waals surface area contributed by atoms with E-state index in [0.29, 0.717) is 11.8 Å². The molecule has 8 aromatic carbocycles. The maximum Gasteiger partial charge on any atom is 0.123 e. The molecule has 0 amide bonds. The number of hydrogen-bond acceptors (Lipinski definition) is 1. The van der Waals surface area contributed by atoms with Crippen molar-refractivity contribution in [3.63, 3.8) is 0 Å². The number of fused-ring (bicyclic) bond motifs is 6. The Labute approximate surface area is 399 Å². The Kier molecular flexibility index (Phi) is 9.65. The molecule has 0 saturated heterocycles. The topological polar surface area (TPSA) is 8.17 Å². The molecule has 0 N–H and O–H groups in total. The Balaban J connectivity index is 0.927. The van der Waals surface area contributed by atoms with Crippen molar-refractivity contribution in [1.82, 2.24) is 4.57 Å². The number of rotatable bonds is 9. The first kappa shape index (κ1) is 40.8. The van der Waals surface area contributed by atoms with Gasteiger partial charge in [0.05, 0.1) is 16.7 Å². The molecule has 9 aromatic rings. The second kappa shape index (κ2) is 16.1. The molecule has 0 atom stereocenters. The van der Waals surface area contributed by atoms with Gasteiger partial charge in [0.1, 0.15) is 5.82 Å². The van der Waals surface area contributed by atoms with Crippen LogP contribution in [0, 0.1) is 29.5 Å². The standard InChI is InChI=1S/C65H53FN2/c1-3-45(22-21-42(2)67(53-30-25-47(26-31-53)46-13-5-4-6-14-46)62-18-10-7-15-55(62)48-23-28-52(66)29-24-48)49-27-33-56-57-34-32-54(68-63-19-11-8-16-58(63)59-17-9-12-20-64(59)68)41-61(57)65(60(56)40-49)50-36-43-35-44(38-50)39-51(65)37-43/h3-34,40-41,43-44,50-51H,1,35-39H2,2H3/b42-21+,45-22+. The van der Waals surface area contributed by atoms with Crippen molar-refractivity contribution in [3.8, 4) is 39.1 Å². The summed E-state index contributed by atoms with van der Waals surface area (Å²) in [6.45, 7) is 6.61. The molecule has 3 heteroatoms. The second-order valence-electron chi connectivity index (χ2n) is 19.9. The van der Waals surface area contributed by atoms with Gasteiger partial charge in [-0.2, -0.15) is 0 Å². The molecule has 0 aliphatic heterocycles. The molecule has 68 heavy (non-hydrogen) atoms. The van der Waals surface area contributed by atoms with Gasteiger partial charge in [-0.05, 0) is 180 Å². The van der Waals surface area contributed by atoms with Gasteiger partial charge < -0.3 is 9.47 Å². The van der Waals surface area contributed by atoms with Crippen molar-refractivity contribution in [2.24, 2.45) is 23.7 Å². The van der Waals surface area contributed by atoms with Crippen LogP contribution in [0.2, 0.25) is 0 Å². The van der Waals surface area contributed by atoms with Gasteiger partial charge in [-0.3, -0.25) is 0 Å². The molecule has 4 fully saturated rings. The molecule has 1 heterocycles. The van der Waals surface area contributed by atoms with Crippen molar-refractivity contribution in [1.29, 1.82) is 0 Å². The smallest absolute Gasteiger partial charge is 0.123 e. The summed E-state index contributed by atoms with van der Waals surface area (Å²) in [5.74, 6) is 2.71. The monoisotopic (exact) mass is 880 g/mol. The van der Waals surface area contributed by atoms with Crippen molar-refractivity contribution >= 4 is 38.8 Å². The Morgan fingerprint density at radius 2 is 1.13 bits per heavy atom. The first-order valence-electron chi connectivity index (χ1n) is 24.6. The maximum absolute atomic E-state index is 14.2. The molecule has 330 valence electrons. The summed E-state index contributed by atoms with van der Waals surface area (Å²) < 4.78 is 16.7. The largest absolute Gasteiger partial charge is 0.314 e. The first-order chi connectivity index (χ1) is 33.5. The molecule has 1 spiro atoms. The molecule has 4 bridgehead atoms. The van der Waals surface area contributed by atoms with Crippen LogP contribution < -0.4 is 4.90 Å². The zero-order chi connectivity index (χ0) is 45.5. The van der Waals surface area contributed by atoms with Crippen molar-refractivity contribution in [2.75, 3.05) is 4.90 Å². The van der Waals surface area contributed by atoms with Gasteiger partial charge in [0.2, 0.25) is 0 Å². The Morgan fingerprint density at radius 1 is 0.559 bits per heavy atom. The van der Waals surface area contributed by atoms with E-state index in [4.69, 9.17) is 0 Å². The lowest BCUT2D eigenvalue weighted by atomic mass is 9.43. The highest BCUT2D eigenvalue weighted by atomic mass is 19.1. The van der Waals surface area contributed by atoms with Crippen LogP contribution in [0.1, 0.15) is 55.7 Å². The van der Waals surface area contributed by atoms with E-state index in [1.807, 2.05) is 18.2 Å². The summed E-state index contributed by atoms with van der Waals surface area (Å²) in [6.07, 6.45) is 13.2. The normalized spacial score (nSPS) is 21.4. The summed E-state index contributed by atoms with van der Waals surface area (Å²) in [5.41, 5.74) is 19.4. The van der Waals surface area contributed by atoms with Gasteiger partial charge >= 0.3 is 0 Å². The SMILES string of the molecule is C=C/C(=C\C=C(/C)N(c1ccc(-c2ccccc2)cc1)c1ccccc1-c1ccc(F)cc1)c1ccc2c(c1)C1(c3cc(-n4c5ccccc5c5ccccc54)ccc3-2)C2CC3CC(C2)CC1C3. The van der Waals surface area contributed by atoms with E-state index >= 15 is 0 Å². The molecular formula is C65H53FN2. The molecule has 0 radical (unpaired) electrons. The van der Waals surface area contributed by atoms with E-state index in [0.717, 1.165) is 51.2 Å². The zero-order valence-electron chi connectivity index (χ0n) is 38.5. The quantitative estimate of drug-likeness (QED) is 0.131. The fourth-order valence-electron chi connectivity index (χ4n) is 13.8. The van der Waals surface area contributed by atoms with E-state index in [1.165, 1.54) is 87.4 Å². The molecule has 1 aromatic heterocycles. The number of anilines is 2. The van der Waals surface area contributed by atoms with Crippen LogP contribution >= 0.6 is 0 Å². The van der Waals surface area contributed by atoms with Crippen LogP contribution in [0.5, 0.6) is 0 Å². The number of hydrogen-bond donors (Lipinski definition) is 0. The summed E-state index contributed by atoms with van der Waals surface area (Å²) in [5, 5.41) is 2.60. The summed E-state index contributed by atoms with van der Waals surface area (Å²) in [6, 6.07) is 67.1. The minimum Gasteiger partial charge on any atom is -0.314 e. The lowest BCUT2D eigenvalue weighted by molar-refractivity contribution is -0.0399. The van der Waals surface area contributed by atoms with Crippen LogP contribution in [-0.4, -0.2) is 4.57 Å². The maximum atomic E-state index is 14.2. The molecule has 5 aliphatic carbocycles. The predicted molar refractivity (Wildman–Crippen MR) is 282 cm³/mol. The summed E-state index contributed by atoms with van der Waals surface area (Å²) >= 11 is 0. The van der Waals surface area contributed by atoms with Crippen LogP contribution in [0.3, 0.4) is 0 Å². The highest BCUT2D eigenvalue weighted by Crippen LogP contribution is 2.69. The second-order valence-corrected chi connectivity index (χ2v) is 19.9. The highest BCUT2D eigenvalue weighted by molar-refractivity contribution is 6.09. The lowest BCUT2D eigenvalue weighted by Crippen LogP contribution is -2.55. The third-order valence-corrected chi connectivity index (χ3v) is 16.4. The van der Waals surface area contributed by atoms with Crippen molar-refractivity contribution < 1.29 is 4.39 Å². The van der Waals surface area contributed by atoms with E-state index < -0.39 is 0 Å². The van der Waals surface area contributed by atoms with Crippen LogP contribution in [0.25, 0.3) is 66.4 Å². The van der Waals surface area contributed by atoms with Crippen LogP contribution in [-0.2, 0) is 5.41 Å². The number of nitrogens with zero attached hydrogens (tertiary/aromatic N) is 2. The van der Waals surface area contributed by atoms with Gasteiger partial charge in [-0.15, -0.1) is 0 Å². The van der Waals surface area contributed by atoms with Crippen LogP contribution in [0.15, 0.2) is 219 Å². The summed E-state index contributed by atoms with van der Waals surface area (Å²) in [4.78, 5) is 2.32. The number of aromatic nitrogens is 1. The van der Waals surface area contributed by atoms with Crippen LogP contribution in [0.4, 0.5) is 15.8 Å². The number of benzene rings is 8. The Hall–Kier alpha value is -7.49. The van der Waals surface area contributed by atoms with Gasteiger partial charge in [0, 0.05) is 38.8 Å². The van der Waals surface area contributed by atoms with Gasteiger partial charge in [0.25, 0.3) is 0 Å². The molecule has 2 nitrogen and oxygen atoms in total. The molecular weight excluding hydrogens is 828 g/mol. The van der Waals surface area contributed by atoms with Gasteiger partial charge in [-0.1, -0.05) is 146 Å². The minimum absolute atomic E-state index is 0.0202. The number of halogens is 1. The third-order valence-electron chi connectivity index (χ3n) is 16.4. The zero-order valence-corrected chi connectivity index (χ0v) is 38.5. The molecule has 4 saturated carbocycles. The van der Waals surface area contributed by atoms with Crippen molar-refractivity contribution in [2.45, 2.75) is 44.4 Å². The number of para-hydroxylation sites is 3. The van der Waals surface area contributed by atoms with E-state index in [2.05, 4.69) is 199 Å². The first-order valence-corrected chi connectivity index (χ1v) is 24.6. The minimum atomic E-state index is -0.244. The fraction of sp³-hybridized carbons (Fsp3) is 0.169. The van der Waals surface area contributed by atoms with E-state index in [1.54, 1.807) is 17.7 Å². The van der Waals surface area contributed by atoms with Gasteiger partial charge in [0.15, 0.2) is 0 Å². The lowest BCUT2D eigenvalue weighted by Gasteiger charge is -2.61. The summed E-state index contributed by atoms with van der Waals surface area (Å²) in [7, 11) is 0. The molecule has 0 unspecified atom stereocenters. The highest BCUT2D eigenvalue weighted by Gasteiger charge is 2.61.